The lowest BCUT2D eigenvalue weighted by Crippen LogP contribution is -2.56. The van der Waals surface area contributed by atoms with E-state index in [1.807, 2.05) is 0 Å². The molecule has 1 saturated heterocycles. The summed E-state index contributed by atoms with van der Waals surface area (Å²) in [6, 6.07) is -1.11. The SMILES string of the molecule is O=C(O)[C@@H]1[C@H](C(F)(F)F)CCCN1S(=O)(=O)c1ccoc1. The minimum Gasteiger partial charge on any atom is -0.480 e. The minimum absolute atomic E-state index is 0.0644. The van der Waals surface area contributed by atoms with Gasteiger partial charge in [-0.2, -0.15) is 17.5 Å². The molecule has 1 aliphatic rings. The molecule has 118 valence electrons. The molecule has 21 heavy (non-hydrogen) atoms. The van der Waals surface area contributed by atoms with Crippen molar-refractivity contribution in [3.05, 3.63) is 18.6 Å². The number of alkyl halides is 3. The van der Waals surface area contributed by atoms with Crippen molar-refractivity contribution in [3.63, 3.8) is 0 Å². The number of nitrogens with zero attached hydrogens (tertiary/aromatic N) is 1. The Labute approximate surface area is 118 Å². The second-order valence-electron chi connectivity index (χ2n) is 4.65. The molecule has 0 unspecified atom stereocenters. The van der Waals surface area contributed by atoms with Crippen LogP contribution in [-0.2, 0) is 14.8 Å². The van der Waals surface area contributed by atoms with E-state index in [1.54, 1.807) is 0 Å². The summed E-state index contributed by atoms with van der Waals surface area (Å²) >= 11 is 0. The number of sulfonamides is 1. The molecule has 2 heterocycles. The number of carbonyl (C=O) groups is 1. The molecule has 1 aromatic heterocycles. The molecule has 1 aromatic rings. The summed E-state index contributed by atoms with van der Waals surface area (Å²) in [5.41, 5.74) is 0. The Morgan fingerprint density at radius 2 is 2.10 bits per heavy atom. The van der Waals surface area contributed by atoms with Gasteiger partial charge in [-0.3, -0.25) is 4.79 Å². The molecule has 1 aliphatic heterocycles. The summed E-state index contributed by atoms with van der Waals surface area (Å²) in [7, 11) is -4.35. The monoisotopic (exact) mass is 327 g/mol. The highest BCUT2D eigenvalue weighted by Gasteiger charge is 2.54. The molecule has 0 radical (unpaired) electrons. The molecule has 0 aliphatic carbocycles. The normalized spacial score (nSPS) is 24.9. The van der Waals surface area contributed by atoms with Crippen LogP contribution in [-0.4, -0.2) is 42.6 Å². The van der Waals surface area contributed by atoms with Crippen molar-refractivity contribution < 1.29 is 35.9 Å². The first-order valence-corrected chi connectivity index (χ1v) is 7.43. The molecular formula is C11H12F3NO5S. The summed E-state index contributed by atoms with van der Waals surface area (Å²) in [5, 5.41) is 9.07. The van der Waals surface area contributed by atoms with Gasteiger partial charge in [0.25, 0.3) is 0 Å². The molecule has 2 rings (SSSR count). The number of hydrogen-bond donors (Lipinski definition) is 1. The van der Waals surface area contributed by atoms with Crippen LogP contribution in [0.1, 0.15) is 12.8 Å². The van der Waals surface area contributed by atoms with Gasteiger partial charge in [0.15, 0.2) is 0 Å². The van der Waals surface area contributed by atoms with Crippen molar-refractivity contribution in [3.8, 4) is 0 Å². The Bertz CT molecular complexity index is 610. The molecule has 1 N–H and O–H groups in total. The molecule has 0 amide bonds. The van der Waals surface area contributed by atoms with Crippen LogP contribution in [0.5, 0.6) is 0 Å². The maximum absolute atomic E-state index is 13.0. The van der Waals surface area contributed by atoms with Crippen LogP contribution < -0.4 is 0 Å². The molecular weight excluding hydrogens is 315 g/mol. The third kappa shape index (κ3) is 2.91. The molecule has 0 aromatic carbocycles. The van der Waals surface area contributed by atoms with Crippen LogP contribution in [0.2, 0.25) is 0 Å². The van der Waals surface area contributed by atoms with E-state index in [1.165, 1.54) is 0 Å². The fourth-order valence-corrected chi connectivity index (χ4v) is 3.99. The van der Waals surface area contributed by atoms with Crippen LogP contribution in [0.25, 0.3) is 0 Å². The number of piperidine rings is 1. The number of furan rings is 1. The molecule has 2 atom stereocenters. The van der Waals surface area contributed by atoms with Crippen molar-refractivity contribution in [2.24, 2.45) is 5.92 Å². The Morgan fingerprint density at radius 1 is 1.43 bits per heavy atom. The number of rotatable bonds is 3. The van der Waals surface area contributed by atoms with E-state index in [9.17, 15) is 26.4 Å². The van der Waals surface area contributed by atoms with E-state index in [-0.39, 0.29) is 17.9 Å². The average Bonchev–Trinajstić information content (AvgIpc) is 2.91. The highest BCUT2D eigenvalue weighted by molar-refractivity contribution is 7.89. The number of carboxylic acid groups (broad SMARTS) is 1. The van der Waals surface area contributed by atoms with E-state index in [0.717, 1.165) is 18.6 Å². The van der Waals surface area contributed by atoms with Crippen LogP contribution in [0.4, 0.5) is 13.2 Å². The quantitative estimate of drug-likeness (QED) is 0.913. The molecule has 0 spiro atoms. The van der Waals surface area contributed by atoms with Gasteiger partial charge in [0.2, 0.25) is 10.0 Å². The lowest BCUT2D eigenvalue weighted by Gasteiger charge is -2.38. The van der Waals surface area contributed by atoms with Gasteiger partial charge in [-0.15, -0.1) is 0 Å². The van der Waals surface area contributed by atoms with E-state index in [4.69, 9.17) is 5.11 Å². The van der Waals surface area contributed by atoms with Crippen molar-refractivity contribution in [2.75, 3.05) is 6.54 Å². The second kappa shape index (κ2) is 5.34. The smallest absolute Gasteiger partial charge is 0.393 e. The fraction of sp³-hybridized carbons (Fsp3) is 0.545. The van der Waals surface area contributed by atoms with E-state index < -0.39 is 40.5 Å². The standard InChI is InChI=1S/C11H12F3NO5S/c12-11(13,14)8-2-1-4-15(9(8)10(16)17)21(18,19)7-3-5-20-6-7/h3,5-6,8-9H,1-2,4H2,(H,16,17)/t8-,9+/m1/s1. The predicted molar refractivity (Wildman–Crippen MR) is 62.8 cm³/mol. The summed E-state index contributed by atoms with van der Waals surface area (Å²) in [6.07, 6.45) is -3.37. The highest BCUT2D eigenvalue weighted by Crippen LogP contribution is 2.39. The molecule has 1 fully saturated rings. The first-order chi connectivity index (χ1) is 9.65. The molecule has 0 saturated carbocycles. The van der Waals surface area contributed by atoms with Gasteiger partial charge < -0.3 is 9.52 Å². The average molecular weight is 327 g/mol. The van der Waals surface area contributed by atoms with Gasteiger partial charge in [0.05, 0.1) is 12.2 Å². The maximum atomic E-state index is 13.0. The Hall–Kier alpha value is -1.55. The largest absolute Gasteiger partial charge is 0.480 e. The highest BCUT2D eigenvalue weighted by atomic mass is 32.2. The van der Waals surface area contributed by atoms with Crippen LogP contribution in [0.15, 0.2) is 27.9 Å². The lowest BCUT2D eigenvalue weighted by atomic mass is 9.90. The summed E-state index contributed by atoms with van der Waals surface area (Å²) in [6.45, 7) is -0.281. The van der Waals surface area contributed by atoms with E-state index in [0.29, 0.717) is 4.31 Å². The number of aliphatic carboxylic acids is 1. The maximum Gasteiger partial charge on any atom is 0.393 e. The summed E-state index contributed by atoms with van der Waals surface area (Å²) in [5.74, 6) is -4.05. The van der Waals surface area contributed by atoms with Crippen molar-refractivity contribution >= 4 is 16.0 Å². The third-order valence-electron chi connectivity index (χ3n) is 3.36. The first-order valence-electron chi connectivity index (χ1n) is 5.99. The van der Waals surface area contributed by atoms with Gasteiger partial charge in [-0.1, -0.05) is 0 Å². The number of carboxylic acids is 1. The summed E-state index contributed by atoms with van der Waals surface area (Å²) in [4.78, 5) is 10.8. The van der Waals surface area contributed by atoms with Crippen molar-refractivity contribution in [1.82, 2.24) is 4.31 Å². The van der Waals surface area contributed by atoms with E-state index >= 15 is 0 Å². The van der Waals surface area contributed by atoms with Gasteiger partial charge in [0.1, 0.15) is 17.2 Å². The lowest BCUT2D eigenvalue weighted by molar-refractivity contribution is -0.201. The predicted octanol–water partition coefficient (Wildman–Crippen LogP) is 1.70. The van der Waals surface area contributed by atoms with Gasteiger partial charge >= 0.3 is 12.1 Å². The zero-order valence-electron chi connectivity index (χ0n) is 10.6. The van der Waals surface area contributed by atoms with Gasteiger partial charge in [0, 0.05) is 6.54 Å². The number of halogens is 3. The number of hydrogen-bond acceptors (Lipinski definition) is 4. The Kier molecular flexibility index (Phi) is 4.02. The Morgan fingerprint density at radius 3 is 2.57 bits per heavy atom. The van der Waals surface area contributed by atoms with Crippen LogP contribution in [0, 0.1) is 5.92 Å². The Balaban J connectivity index is 2.44. The van der Waals surface area contributed by atoms with Crippen molar-refractivity contribution in [1.29, 1.82) is 0 Å². The zero-order chi connectivity index (χ0) is 15.8. The third-order valence-corrected chi connectivity index (χ3v) is 5.22. The zero-order valence-corrected chi connectivity index (χ0v) is 11.4. The minimum atomic E-state index is -4.78. The fourth-order valence-electron chi connectivity index (χ4n) is 2.41. The second-order valence-corrected chi connectivity index (χ2v) is 6.54. The molecule has 10 heteroatoms. The molecule has 6 nitrogen and oxygen atoms in total. The first kappa shape index (κ1) is 15.8. The van der Waals surface area contributed by atoms with Crippen LogP contribution in [0.3, 0.4) is 0 Å². The summed E-state index contributed by atoms with van der Waals surface area (Å²) < 4.78 is 68.4. The van der Waals surface area contributed by atoms with Gasteiger partial charge in [-0.05, 0) is 18.9 Å². The van der Waals surface area contributed by atoms with Crippen molar-refractivity contribution in [2.45, 2.75) is 30.0 Å². The molecule has 0 bridgehead atoms. The van der Waals surface area contributed by atoms with Gasteiger partial charge in [-0.25, -0.2) is 8.42 Å². The topological polar surface area (TPSA) is 87.8 Å². The van der Waals surface area contributed by atoms with E-state index in [2.05, 4.69) is 4.42 Å². The van der Waals surface area contributed by atoms with Crippen LogP contribution >= 0.6 is 0 Å².